The lowest BCUT2D eigenvalue weighted by atomic mass is 10.0. The van der Waals surface area contributed by atoms with E-state index in [0.717, 1.165) is 28.5 Å². The highest BCUT2D eigenvalue weighted by Crippen LogP contribution is 2.43. The molecule has 1 atom stereocenters. The molecule has 1 aromatic rings. The van der Waals surface area contributed by atoms with Gasteiger partial charge in [0, 0.05) is 30.2 Å². The first-order valence-corrected chi connectivity index (χ1v) is 6.66. The Hall–Kier alpha value is -1.46. The molecule has 2 heterocycles. The van der Waals surface area contributed by atoms with Gasteiger partial charge in [0.25, 0.3) is 0 Å². The van der Waals surface area contributed by atoms with Gasteiger partial charge in [0.15, 0.2) is 5.17 Å². The van der Waals surface area contributed by atoms with Crippen molar-refractivity contribution < 1.29 is 9.47 Å². The molecular formula is C13H14N2O2S. The van der Waals surface area contributed by atoms with E-state index in [1.54, 1.807) is 14.2 Å². The van der Waals surface area contributed by atoms with Crippen LogP contribution in [-0.2, 0) is 4.74 Å². The normalized spacial score (nSPS) is 21.4. The van der Waals surface area contributed by atoms with Gasteiger partial charge in [-0.1, -0.05) is 17.8 Å². The number of ether oxygens (including phenoxy) is 2. The molecule has 2 aliphatic rings. The number of amidine groups is 1. The van der Waals surface area contributed by atoms with Crippen molar-refractivity contribution in [2.75, 3.05) is 24.9 Å². The molecule has 94 valence electrons. The average molecular weight is 262 g/mol. The Bertz CT molecular complexity index is 542. The molecule has 0 aromatic heterocycles. The van der Waals surface area contributed by atoms with E-state index in [9.17, 15) is 0 Å². The van der Waals surface area contributed by atoms with Crippen molar-refractivity contribution in [3.8, 4) is 5.75 Å². The van der Waals surface area contributed by atoms with E-state index >= 15 is 0 Å². The van der Waals surface area contributed by atoms with Gasteiger partial charge in [0.2, 0.25) is 0 Å². The van der Waals surface area contributed by atoms with E-state index in [2.05, 4.69) is 6.08 Å². The molecule has 0 bridgehead atoms. The Balaban J connectivity index is 2.16. The van der Waals surface area contributed by atoms with Crippen molar-refractivity contribution in [3.63, 3.8) is 0 Å². The maximum atomic E-state index is 8.02. The Morgan fingerprint density at radius 1 is 1.39 bits per heavy atom. The molecule has 0 aliphatic carbocycles. The maximum absolute atomic E-state index is 8.02. The summed E-state index contributed by atoms with van der Waals surface area (Å²) in [7, 11) is 3.36. The van der Waals surface area contributed by atoms with Gasteiger partial charge in [-0.3, -0.25) is 10.3 Å². The Morgan fingerprint density at radius 3 is 2.94 bits per heavy atom. The lowest BCUT2D eigenvalue weighted by molar-refractivity contribution is 0.141. The highest BCUT2D eigenvalue weighted by molar-refractivity contribution is 8.14. The Morgan fingerprint density at radius 2 is 2.22 bits per heavy atom. The number of nitrogens with one attached hydrogen (secondary N) is 1. The first-order valence-electron chi connectivity index (χ1n) is 5.67. The number of hydrogen-bond donors (Lipinski definition) is 1. The molecule has 0 spiro atoms. The van der Waals surface area contributed by atoms with E-state index in [-0.39, 0.29) is 6.10 Å². The largest absolute Gasteiger partial charge is 0.497 e. The van der Waals surface area contributed by atoms with Crippen molar-refractivity contribution in [1.82, 2.24) is 0 Å². The monoisotopic (exact) mass is 262 g/mol. The number of thioether (sulfide) groups is 1. The van der Waals surface area contributed by atoms with Crippen LogP contribution in [0.4, 0.5) is 5.69 Å². The smallest absolute Gasteiger partial charge is 0.165 e. The molecule has 0 radical (unpaired) electrons. The summed E-state index contributed by atoms with van der Waals surface area (Å²) in [5, 5.41) is 8.58. The van der Waals surface area contributed by atoms with Crippen LogP contribution < -0.4 is 9.64 Å². The van der Waals surface area contributed by atoms with E-state index in [0.29, 0.717) is 5.17 Å². The maximum Gasteiger partial charge on any atom is 0.165 e. The number of benzene rings is 1. The molecule has 18 heavy (non-hydrogen) atoms. The predicted molar refractivity (Wildman–Crippen MR) is 73.5 cm³/mol. The molecular weight excluding hydrogens is 248 g/mol. The van der Waals surface area contributed by atoms with Crippen LogP contribution in [0.1, 0.15) is 11.7 Å². The van der Waals surface area contributed by atoms with Gasteiger partial charge < -0.3 is 9.47 Å². The van der Waals surface area contributed by atoms with Gasteiger partial charge >= 0.3 is 0 Å². The Labute approximate surface area is 110 Å². The van der Waals surface area contributed by atoms with Crippen LogP contribution in [-0.4, -0.2) is 25.1 Å². The summed E-state index contributed by atoms with van der Waals surface area (Å²) in [6.07, 6.45) is 2.05. The van der Waals surface area contributed by atoms with Crippen LogP contribution in [0.25, 0.3) is 0 Å². The number of nitrogens with zero attached hydrogens (tertiary/aromatic N) is 1. The van der Waals surface area contributed by atoms with Crippen molar-refractivity contribution in [1.29, 1.82) is 5.41 Å². The van der Waals surface area contributed by atoms with Gasteiger partial charge in [-0.05, 0) is 12.1 Å². The van der Waals surface area contributed by atoms with Crippen LogP contribution in [0.3, 0.4) is 0 Å². The topological polar surface area (TPSA) is 45.5 Å². The van der Waals surface area contributed by atoms with E-state index in [1.165, 1.54) is 11.8 Å². The average Bonchev–Trinajstić information content (AvgIpc) is 2.78. The zero-order valence-electron chi connectivity index (χ0n) is 10.3. The van der Waals surface area contributed by atoms with Gasteiger partial charge in [0.05, 0.1) is 12.8 Å². The van der Waals surface area contributed by atoms with Gasteiger partial charge in [-0.15, -0.1) is 0 Å². The minimum atomic E-state index is -0.0383. The molecule has 3 rings (SSSR count). The lowest BCUT2D eigenvalue weighted by Gasteiger charge is -2.30. The quantitative estimate of drug-likeness (QED) is 0.890. The van der Waals surface area contributed by atoms with Crippen LogP contribution in [0.15, 0.2) is 30.0 Å². The third-order valence-electron chi connectivity index (χ3n) is 3.23. The van der Waals surface area contributed by atoms with Gasteiger partial charge in [0.1, 0.15) is 11.9 Å². The summed E-state index contributed by atoms with van der Waals surface area (Å²) in [6.45, 7) is 0. The fourth-order valence-corrected chi connectivity index (χ4v) is 3.19. The second kappa shape index (κ2) is 4.33. The minimum absolute atomic E-state index is 0.0383. The predicted octanol–water partition coefficient (Wildman–Crippen LogP) is 2.77. The van der Waals surface area contributed by atoms with Crippen LogP contribution in [0.5, 0.6) is 5.75 Å². The molecule has 2 aliphatic heterocycles. The van der Waals surface area contributed by atoms with Crippen molar-refractivity contribution >= 4 is 22.6 Å². The molecule has 1 N–H and O–H groups in total. The molecule has 0 amide bonds. The molecule has 1 saturated heterocycles. The number of hydrogen-bond acceptors (Lipinski definition) is 4. The fraction of sp³-hybridized carbons (Fsp3) is 0.308. The SMILES string of the molecule is COc1ccc2c(c1)N1C(=N)SCC1=CC2OC. The molecule has 1 aromatic carbocycles. The summed E-state index contributed by atoms with van der Waals surface area (Å²) in [6, 6.07) is 5.90. The van der Waals surface area contributed by atoms with E-state index in [1.807, 2.05) is 23.1 Å². The number of methoxy groups -OCH3 is 2. The number of rotatable bonds is 2. The minimum Gasteiger partial charge on any atom is -0.497 e. The molecule has 0 saturated carbocycles. The number of anilines is 1. The highest BCUT2D eigenvalue weighted by Gasteiger charge is 2.33. The zero-order chi connectivity index (χ0) is 12.7. The first-order chi connectivity index (χ1) is 8.74. The first kappa shape index (κ1) is 11.6. The second-order valence-corrected chi connectivity index (χ2v) is 5.13. The van der Waals surface area contributed by atoms with Crippen LogP contribution >= 0.6 is 11.8 Å². The van der Waals surface area contributed by atoms with Crippen molar-refractivity contribution in [3.05, 3.63) is 35.5 Å². The summed E-state index contributed by atoms with van der Waals surface area (Å²) < 4.78 is 10.8. The summed E-state index contributed by atoms with van der Waals surface area (Å²) in [5.74, 6) is 1.63. The third kappa shape index (κ3) is 1.62. The molecule has 1 fully saturated rings. The van der Waals surface area contributed by atoms with E-state index in [4.69, 9.17) is 14.9 Å². The fourth-order valence-electron chi connectivity index (χ4n) is 2.33. The third-order valence-corrected chi connectivity index (χ3v) is 4.13. The zero-order valence-corrected chi connectivity index (χ0v) is 11.1. The summed E-state index contributed by atoms with van der Waals surface area (Å²) in [5.41, 5.74) is 3.20. The van der Waals surface area contributed by atoms with Crippen LogP contribution in [0, 0.1) is 5.41 Å². The highest BCUT2D eigenvalue weighted by atomic mass is 32.2. The number of fused-ring (bicyclic) bond motifs is 3. The van der Waals surface area contributed by atoms with E-state index < -0.39 is 0 Å². The van der Waals surface area contributed by atoms with Gasteiger partial charge in [-0.2, -0.15) is 0 Å². The second-order valence-electron chi connectivity index (χ2n) is 4.17. The lowest BCUT2D eigenvalue weighted by Crippen LogP contribution is -2.27. The molecule has 4 nitrogen and oxygen atoms in total. The standard InChI is InChI=1S/C13H14N2O2S/c1-16-9-3-4-10-11(6-9)15-8(5-12(10)17-2)7-18-13(15)14/h3-6,12,14H,7H2,1-2H3. The molecule has 1 unspecified atom stereocenters. The molecule has 5 heteroatoms. The van der Waals surface area contributed by atoms with Crippen LogP contribution in [0.2, 0.25) is 0 Å². The summed E-state index contributed by atoms with van der Waals surface area (Å²) in [4.78, 5) is 1.97. The van der Waals surface area contributed by atoms with Gasteiger partial charge in [-0.25, -0.2) is 0 Å². The summed E-state index contributed by atoms with van der Waals surface area (Å²) >= 11 is 1.54. The van der Waals surface area contributed by atoms with Crippen molar-refractivity contribution in [2.45, 2.75) is 6.10 Å². The van der Waals surface area contributed by atoms with Crippen molar-refractivity contribution in [2.24, 2.45) is 0 Å². The Kier molecular flexibility index (Phi) is 2.80.